The maximum Gasteiger partial charge on any atom is 0.336 e. The van der Waals surface area contributed by atoms with Crippen molar-refractivity contribution in [3.8, 4) is 11.1 Å². The first kappa shape index (κ1) is 12.7. The Morgan fingerprint density at radius 1 is 1.17 bits per heavy atom. The van der Waals surface area contributed by atoms with Crippen molar-refractivity contribution < 1.29 is 9.90 Å². The molecule has 0 spiro atoms. The van der Waals surface area contributed by atoms with Crippen LogP contribution in [0.1, 0.15) is 15.9 Å². The number of carboxylic acids is 1. The summed E-state index contributed by atoms with van der Waals surface area (Å²) < 4.78 is 0. The third kappa shape index (κ3) is 2.41. The van der Waals surface area contributed by atoms with Crippen LogP contribution in [-0.4, -0.2) is 17.3 Å². The zero-order chi connectivity index (χ0) is 13.1. The van der Waals surface area contributed by atoms with E-state index in [0.717, 1.165) is 21.6 Å². The van der Waals surface area contributed by atoms with Crippen molar-refractivity contribution >= 4 is 17.7 Å². The van der Waals surface area contributed by atoms with Gasteiger partial charge in [-0.25, -0.2) is 4.79 Å². The molecule has 1 N–H and O–H groups in total. The molecule has 0 atom stereocenters. The van der Waals surface area contributed by atoms with Gasteiger partial charge in [0.2, 0.25) is 0 Å². The molecule has 0 aliphatic rings. The molecular weight excluding hydrogens is 244 g/mol. The summed E-state index contributed by atoms with van der Waals surface area (Å²) in [5.74, 6) is -0.877. The lowest BCUT2D eigenvalue weighted by Crippen LogP contribution is -2.02. The second kappa shape index (κ2) is 5.27. The predicted molar refractivity (Wildman–Crippen MR) is 75.4 cm³/mol. The highest BCUT2D eigenvalue weighted by molar-refractivity contribution is 7.98. The van der Waals surface area contributed by atoms with Crippen molar-refractivity contribution in [2.45, 2.75) is 11.8 Å². The van der Waals surface area contributed by atoms with Gasteiger partial charge in [-0.2, -0.15) is 0 Å². The zero-order valence-electron chi connectivity index (χ0n) is 10.3. The van der Waals surface area contributed by atoms with E-state index in [0.29, 0.717) is 5.56 Å². The van der Waals surface area contributed by atoms with Crippen LogP contribution in [0.15, 0.2) is 47.4 Å². The molecule has 0 radical (unpaired) electrons. The Balaban J connectivity index is 2.63. The van der Waals surface area contributed by atoms with E-state index in [1.807, 2.05) is 55.6 Å². The highest BCUT2D eigenvalue weighted by Gasteiger charge is 2.14. The van der Waals surface area contributed by atoms with E-state index in [1.165, 1.54) is 0 Å². The molecule has 0 bridgehead atoms. The number of carboxylic acid groups (broad SMARTS) is 1. The number of aryl methyl sites for hydroxylation is 1. The molecule has 2 aromatic carbocycles. The molecule has 2 rings (SSSR count). The van der Waals surface area contributed by atoms with Gasteiger partial charge in [-0.05, 0) is 42.0 Å². The minimum atomic E-state index is -0.877. The molecular formula is C15H14O2S. The van der Waals surface area contributed by atoms with Crippen molar-refractivity contribution in [2.75, 3.05) is 6.26 Å². The molecule has 0 aliphatic carbocycles. The number of thioether (sulfide) groups is 1. The summed E-state index contributed by atoms with van der Waals surface area (Å²) in [4.78, 5) is 12.5. The molecule has 0 amide bonds. The highest BCUT2D eigenvalue weighted by atomic mass is 32.2. The van der Waals surface area contributed by atoms with Gasteiger partial charge in [0.05, 0.1) is 5.56 Å². The van der Waals surface area contributed by atoms with Crippen LogP contribution >= 0.6 is 11.8 Å². The first-order valence-electron chi connectivity index (χ1n) is 5.61. The monoisotopic (exact) mass is 258 g/mol. The zero-order valence-corrected chi connectivity index (χ0v) is 11.1. The summed E-state index contributed by atoms with van der Waals surface area (Å²) in [5.41, 5.74) is 2.90. The number of hydrogen-bond acceptors (Lipinski definition) is 2. The van der Waals surface area contributed by atoms with Crippen molar-refractivity contribution in [3.05, 3.63) is 53.6 Å². The third-order valence-corrected chi connectivity index (χ3v) is 3.59. The maximum atomic E-state index is 11.4. The van der Waals surface area contributed by atoms with Gasteiger partial charge >= 0.3 is 5.97 Å². The number of rotatable bonds is 3. The lowest BCUT2D eigenvalue weighted by atomic mass is 9.96. The lowest BCUT2D eigenvalue weighted by molar-refractivity contribution is 0.0697. The number of aromatic carboxylic acids is 1. The molecule has 92 valence electrons. The number of hydrogen-bond donors (Lipinski definition) is 1. The molecule has 0 aliphatic heterocycles. The summed E-state index contributed by atoms with van der Waals surface area (Å²) in [6.07, 6.45) is 2.01. The molecule has 18 heavy (non-hydrogen) atoms. The minimum absolute atomic E-state index is 0.385. The fraction of sp³-hybridized carbons (Fsp3) is 0.133. The van der Waals surface area contributed by atoms with Crippen LogP contribution in [0, 0.1) is 6.92 Å². The van der Waals surface area contributed by atoms with Crippen LogP contribution in [0.2, 0.25) is 0 Å². The van der Waals surface area contributed by atoms with E-state index in [4.69, 9.17) is 0 Å². The van der Waals surface area contributed by atoms with Crippen LogP contribution in [0.25, 0.3) is 11.1 Å². The summed E-state index contributed by atoms with van der Waals surface area (Å²) in [6.45, 7) is 1.82. The smallest absolute Gasteiger partial charge is 0.336 e. The van der Waals surface area contributed by atoms with Gasteiger partial charge in [0.15, 0.2) is 0 Å². The van der Waals surface area contributed by atoms with E-state index in [1.54, 1.807) is 11.8 Å². The van der Waals surface area contributed by atoms with Gasteiger partial charge in [0.1, 0.15) is 0 Å². The first-order chi connectivity index (χ1) is 8.63. The number of benzene rings is 2. The SMILES string of the molecule is CSc1cccc(-c2cccc(C)c2C(=O)O)c1. The first-order valence-corrected chi connectivity index (χ1v) is 6.83. The van der Waals surface area contributed by atoms with E-state index in [9.17, 15) is 9.90 Å². The van der Waals surface area contributed by atoms with Crippen molar-refractivity contribution in [1.82, 2.24) is 0 Å². The van der Waals surface area contributed by atoms with E-state index < -0.39 is 5.97 Å². The Labute approximate surface area is 111 Å². The molecule has 0 saturated carbocycles. The molecule has 3 heteroatoms. The van der Waals surface area contributed by atoms with Gasteiger partial charge < -0.3 is 5.11 Å². The summed E-state index contributed by atoms with van der Waals surface area (Å²) in [6, 6.07) is 13.5. The lowest BCUT2D eigenvalue weighted by Gasteiger charge is -2.10. The van der Waals surface area contributed by atoms with Crippen LogP contribution in [0.3, 0.4) is 0 Å². The number of carbonyl (C=O) groups is 1. The Morgan fingerprint density at radius 2 is 1.89 bits per heavy atom. The quantitative estimate of drug-likeness (QED) is 0.843. The normalized spacial score (nSPS) is 10.3. The fourth-order valence-electron chi connectivity index (χ4n) is 1.98. The second-order valence-corrected chi connectivity index (χ2v) is 4.91. The molecule has 0 fully saturated rings. The van der Waals surface area contributed by atoms with Gasteiger partial charge in [-0.3, -0.25) is 0 Å². The third-order valence-electron chi connectivity index (χ3n) is 2.87. The molecule has 0 heterocycles. The molecule has 0 aromatic heterocycles. The van der Waals surface area contributed by atoms with E-state index in [2.05, 4.69) is 0 Å². The minimum Gasteiger partial charge on any atom is -0.478 e. The average Bonchev–Trinajstić information content (AvgIpc) is 2.38. The van der Waals surface area contributed by atoms with Crippen LogP contribution < -0.4 is 0 Å². The summed E-state index contributed by atoms with van der Waals surface area (Å²) in [5, 5.41) is 9.33. The van der Waals surface area contributed by atoms with E-state index in [-0.39, 0.29) is 0 Å². The van der Waals surface area contributed by atoms with Crippen LogP contribution in [0.4, 0.5) is 0 Å². The average molecular weight is 258 g/mol. The Morgan fingerprint density at radius 3 is 2.56 bits per heavy atom. The van der Waals surface area contributed by atoms with Crippen molar-refractivity contribution in [2.24, 2.45) is 0 Å². The standard InChI is InChI=1S/C15H14O2S/c1-10-5-3-8-13(14(10)15(16)17)11-6-4-7-12(9-11)18-2/h3-9H,1-2H3,(H,16,17). The topological polar surface area (TPSA) is 37.3 Å². The Hall–Kier alpha value is -1.74. The molecule has 2 nitrogen and oxygen atoms in total. The maximum absolute atomic E-state index is 11.4. The van der Waals surface area contributed by atoms with Gasteiger partial charge in [-0.15, -0.1) is 11.8 Å². The molecule has 0 saturated heterocycles. The van der Waals surface area contributed by atoms with Crippen molar-refractivity contribution in [1.29, 1.82) is 0 Å². The largest absolute Gasteiger partial charge is 0.478 e. The Bertz CT molecular complexity index is 591. The van der Waals surface area contributed by atoms with Gasteiger partial charge in [-0.1, -0.05) is 30.3 Å². The second-order valence-electron chi connectivity index (χ2n) is 4.03. The van der Waals surface area contributed by atoms with Crippen LogP contribution in [-0.2, 0) is 0 Å². The highest BCUT2D eigenvalue weighted by Crippen LogP contribution is 2.29. The van der Waals surface area contributed by atoms with Gasteiger partial charge in [0.25, 0.3) is 0 Å². The van der Waals surface area contributed by atoms with E-state index >= 15 is 0 Å². The predicted octanol–water partition coefficient (Wildman–Crippen LogP) is 4.08. The van der Waals surface area contributed by atoms with Crippen molar-refractivity contribution in [3.63, 3.8) is 0 Å². The summed E-state index contributed by atoms with van der Waals surface area (Å²) in [7, 11) is 0. The molecule has 2 aromatic rings. The van der Waals surface area contributed by atoms with Gasteiger partial charge in [0, 0.05) is 4.90 Å². The fourth-order valence-corrected chi connectivity index (χ4v) is 2.44. The Kier molecular flexibility index (Phi) is 3.72. The summed E-state index contributed by atoms with van der Waals surface area (Å²) >= 11 is 1.65. The van der Waals surface area contributed by atoms with Crippen LogP contribution in [0.5, 0.6) is 0 Å². The molecule has 0 unspecified atom stereocenters.